The molecule has 0 saturated carbocycles. The van der Waals surface area contributed by atoms with E-state index in [4.69, 9.17) is 0 Å². The summed E-state index contributed by atoms with van der Waals surface area (Å²) >= 11 is 0. The summed E-state index contributed by atoms with van der Waals surface area (Å²) in [7, 11) is 0. The molecule has 0 aliphatic carbocycles. The Morgan fingerprint density at radius 3 is 2.00 bits per heavy atom. The van der Waals surface area contributed by atoms with Gasteiger partial charge in [-0.3, -0.25) is 0 Å². The quantitative estimate of drug-likeness (QED) is 0.542. The summed E-state index contributed by atoms with van der Waals surface area (Å²) in [5.74, 6) is 0. The first-order valence-electron chi connectivity index (χ1n) is 8.43. The second kappa shape index (κ2) is 12.6. The number of aliphatic hydroxyl groups is 1. The number of rotatable bonds is 13. The van der Waals surface area contributed by atoms with Gasteiger partial charge in [0.2, 0.25) is 0 Å². The first-order chi connectivity index (χ1) is 9.57. The van der Waals surface area contributed by atoms with E-state index in [0.717, 1.165) is 32.7 Å². The summed E-state index contributed by atoms with van der Waals surface area (Å²) < 4.78 is 0. The predicted molar refractivity (Wildman–Crippen MR) is 88.3 cm³/mol. The molecule has 0 aromatic carbocycles. The Hall–Kier alpha value is -0.160. The fraction of sp³-hybridized carbons (Fsp3) is 1.00. The zero-order valence-corrected chi connectivity index (χ0v) is 14.4. The lowest BCUT2D eigenvalue weighted by Gasteiger charge is -2.24. The van der Waals surface area contributed by atoms with Crippen LogP contribution in [-0.2, 0) is 0 Å². The van der Waals surface area contributed by atoms with Crippen molar-refractivity contribution in [3.63, 3.8) is 0 Å². The number of hydrogen-bond acceptors (Lipinski definition) is 4. The van der Waals surface area contributed by atoms with Crippen LogP contribution in [0.2, 0.25) is 0 Å². The van der Waals surface area contributed by atoms with Crippen LogP contribution in [0.25, 0.3) is 0 Å². The fourth-order valence-electron chi connectivity index (χ4n) is 2.44. The van der Waals surface area contributed by atoms with Crippen LogP contribution in [0.15, 0.2) is 0 Å². The molecule has 2 N–H and O–H groups in total. The molecule has 0 aliphatic heterocycles. The maximum absolute atomic E-state index is 10.0. The normalized spacial score (nSPS) is 15.0. The van der Waals surface area contributed by atoms with Gasteiger partial charge in [-0.2, -0.15) is 0 Å². The van der Waals surface area contributed by atoms with Gasteiger partial charge in [0.25, 0.3) is 0 Å². The minimum atomic E-state index is -0.264. The third-order valence-corrected chi connectivity index (χ3v) is 4.07. The molecule has 0 fully saturated rings. The molecule has 4 heteroatoms. The van der Waals surface area contributed by atoms with Crippen molar-refractivity contribution in [3.8, 4) is 0 Å². The number of hydrogen-bond donors (Lipinski definition) is 2. The van der Waals surface area contributed by atoms with Crippen LogP contribution in [0, 0.1) is 0 Å². The highest BCUT2D eigenvalue weighted by Gasteiger charge is 2.10. The second-order valence-corrected chi connectivity index (χ2v) is 5.62. The standard InChI is InChI=1S/C16H37N3O/c1-6-18(7-2)12-10-11-15(5)17-13-16(20)14-19(8-3)9-4/h15-17,20H,6-14H2,1-5H3. The lowest BCUT2D eigenvalue weighted by molar-refractivity contribution is 0.114. The molecule has 0 saturated heterocycles. The van der Waals surface area contributed by atoms with Crippen LogP contribution in [0.1, 0.15) is 47.5 Å². The van der Waals surface area contributed by atoms with Crippen LogP contribution >= 0.6 is 0 Å². The Labute approximate surface area is 126 Å². The maximum Gasteiger partial charge on any atom is 0.0791 e. The van der Waals surface area contributed by atoms with Gasteiger partial charge in [-0.25, -0.2) is 0 Å². The lowest BCUT2D eigenvalue weighted by Crippen LogP contribution is -2.41. The molecule has 122 valence electrons. The van der Waals surface area contributed by atoms with E-state index < -0.39 is 0 Å². The summed E-state index contributed by atoms with van der Waals surface area (Å²) in [6.07, 6.45) is 2.14. The largest absolute Gasteiger partial charge is 0.390 e. The smallest absolute Gasteiger partial charge is 0.0791 e. The Bertz CT molecular complexity index is 206. The first kappa shape index (κ1) is 19.8. The van der Waals surface area contributed by atoms with Crippen LogP contribution in [0.5, 0.6) is 0 Å². The molecule has 0 rings (SSSR count). The van der Waals surface area contributed by atoms with Crippen molar-refractivity contribution < 1.29 is 5.11 Å². The molecule has 0 bridgehead atoms. The number of nitrogens with one attached hydrogen (secondary N) is 1. The number of likely N-dealkylation sites (N-methyl/N-ethyl adjacent to an activating group) is 1. The van der Waals surface area contributed by atoms with E-state index >= 15 is 0 Å². The highest BCUT2D eigenvalue weighted by Crippen LogP contribution is 2.00. The van der Waals surface area contributed by atoms with Gasteiger partial charge >= 0.3 is 0 Å². The zero-order chi connectivity index (χ0) is 15.4. The Morgan fingerprint density at radius 1 is 0.950 bits per heavy atom. The zero-order valence-electron chi connectivity index (χ0n) is 14.4. The first-order valence-corrected chi connectivity index (χ1v) is 8.43. The second-order valence-electron chi connectivity index (χ2n) is 5.62. The minimum absolute atomic E-state index is 0.264. The molecule has 4 nitrogen and oxygen atoms in total. The SMILES string of the molecule is CCN(CC)CCCC(C)NCC(O)CN(CC)CC. The average Bonchev–Trinajstić information content (AvgIpc) is 2.47. The molecule has 2 atom stereocenters. The topological polar surface area (TPSA) is 38.7 Å². The van der Waals surface area contributed by atoms with Gasteiger partial charge in [0.1, 0.15) is 0 Å². The molecule has 20 heavy (non-hydrogen) atoms. The van der Waals surface area contributed by atoms with E-state index in [-0.39, 0.29) is 6.10 Å². The van der Waals surface area contributed by atoms with Crippen molar-refractivity contribution in [2.45, 2.75) is 59.6 Å². The van der Waals surface area contributed by atoms with Crippen LogP contribution in [0.3, 0.4) is 0 Å². The lowest BCUT2D eigenvalue weighted by atomic mass is 10.1. The van der Waals surface area contributed by atoms with Gasteiger partial charge in [-0.15, -0.1) is 0 Å². The summed E-state index contributed by atoms with van der Waals surface area (Å²) in [6, 6.07) is 0.483. The summed E-state index contributed by atoms with van der Waals surface area (Å²) in [4.78, 5) is 4.72. The van der Waals surface area contributed by atoms with E-state index in [9.17, 15) is 5.11 Å². The van der Waals surface area contributed by atoms with Crippen LogP contribution in [-0.4, -0.2) is 72.9 Å². The Morgan fingerprint density at radius 2 is 1.50 bits per heavy atom. The molecular weight excluding hydrogens is 250 g/mol. The predicted octanol–water partition coefficient (Wildman–Crippen LogP) is 1.79. The summed E-state index contributed by atoms with van der Waals surface area (Å²) in [6.45, 7) is 17.9. The average molecular weight is 287 g/mol. The van der Waals surface area contributed by atoms with E-state index in [1.807, 2.05) is 0 Å². The summed E-state index contributed by atoms with van der Waals surface area (Å²) in [5.41, 5.74) is 0. The van der Waals surface area contributed by atoms with Crippen molar-refractivity contribution in [1.82, 2.24) is 15.1 Å². The molecule has 0 aromatic rings. The van der Waals surface area contributed by atoms with Gasteiger partial charge in [0.05, 0.1) is 6.10 Å². The van der Waals surface area contributed by atoms with Gasteiger partial charge in [-0.1, -0.05) is 27.7 Å². The molecule has 0 amide bonds. The monoisotopic (exact) mass is 287 g/mol. The van der Waals surface area contributed by atoms with Crippen LogP contribution in [0.4, 0.5) is 0 Å². The van der Waals surface area contributed by atoms with E-state index in [1.54, 1.807) is 0 Å². The maximum atomic E-state index is 10.0. The van der Waals surface area contributed by atoms with E-state index in [1.165, 1.54) is 19.4 Å². The minimum Gasteiger partial charge on any atom is -0.390 e. The van der Waals surface area contributed by atoms with Crippen LogP contribution < -0.4 is 5.32 Å². The van der Waals surface area contributed by atoms with Crippen molar-refractivity contribution in [2.75, 3.05) is 45.8 Å². The fourth-order valence-corrected chi connectivity index (χ4v) is 2.44. The third-order valence-electron chi connectivity index (χ3n) is 4.07. The van der Waals surface area contributed by atoms with Gasteiger partial charge in [-0.05, 0) is 52.5 Å². The molecule has 0 heterocycles. The van der Waals surface area contributed by atoms with Gasteiger partial charge < -0.3 is 20.2 Å². The Balaban J connectivity index is 3.68. The molecule has 2 unspecified atom stereocenters. The molecule has 0 aliphatic rings. The number of nitrogens with zero attached hydrogens (tertiary/aromatic N) is 2. The Kier molecular flexibility index (Phi) is 12.5. The molecule has 0 spiro atoms. The van der Waals surface area contributed by atoms with Gasteiger partial charge in [0.15, 0.2) is 0 Å². The van der Waals surface area contributed by atoms with E-state index in [2.05, 4.69) is 49.7 Å². The van der Waals surface area contributed by atoms with Crippen molar-refractivity contribution in [1.29, 1.82) is 0 Å². The van der Waals surface area contributed by atoms with Crippen molar-refractivity contribution >= 4 is 0 Å². The number of aliphatic hydroxyl groups excluding tert-OH is 1. The molecular formula is C16H37N3O. The molecule has 0 aromatic heterocycles. The third kappa shape index (κ3) is 9.70. The van der Waals surface area contributed by atoms with E-state index in [0.29, 0.717) is 12.6 Å². The van der Waals surface area contributed by atoms with Crippen molar-refractivity contribution in [3.05, 3.63) is 0 Å². The highest BCUT2D eigenvalue weighted by molar-refractivity contribution is 4.69. The molecule has 0 radical (unpaired) electrons. The van der Waals surface area contributed by atoms with Crippen molar-refractivity contribution in [2.24, 2.45) is 0 Å². The summed E-state index contributed by atoms with van der Waals surface area (Å²) in [5, 5.41) is 13.5. The highest BCUT2D eigenvalue weighted by atomic mass is 16.3. The van der Waals surface area contributed by atoms with Gasteiger partial charge in [0, 0.05) is 19.1 Å².